The Morgan fingerprint density at radius 2 is 2.36 bits per heavy atom. The van der Waals surface area contributed by atoms with Gasteiger partial charge in [0.25, 0.3) is 5.56 Å². The highest BCUT2D eigenvalue weighted by Gasteiger charge is 2.15. The second-order valence-corrected chi connectivity index (χ2v) is 3.70. The van der Waals surface area contributed by atoms with E-state index in [-0.39, 0.29) is 6.23 Å². The van der Waals surface area contributed by atoms with Gasteiger partial charge in [-0.05, 0) is 22.0 Å². The standard InChI is InChI=1S/C8H7BrN2O3/c9-5-4-11(6-2-1-3-14-6)8(13)10-7(5)12/h1,3-4,6H,2H2,(H,10,12,13)/t6-/m1/s1. The van der Waals surface area contributed by atoms with Gasteiger partial charge in [0.2, 0.25) is 0 Å². The molecule has 74 valence electrons. The molecule has 0 aromatic carbocycles. The molecule has 14 heavy (non-hydrogen) atoms. The number of hydrogen-bond donors (Lipinski definition) is 1. The van der Waals surface area contributed by atoms with E-state index in [2.05, 4.69) is 20.9 Å². The van der Waals surface area contributed by atoms with Gasteiger partial charge in [0.15, 0.2) is 6.23 Å². The molecule has 1 atom stereocenters. The summed E-state index contributed by atoms with van der Waals surface area (Å²) in [6.45, 7) is 0. The summed E-state index contributed by atoms with van der Waals surface area (Å²) < 4.78 is 6.81. The van der Waals surface area contributed by atoms with Crippen LogP contribution in [0.15, 0.2) is 32.6 Å². The van der Waals surface area contributed by atoms with Crippen molar-refractivity contribution in [1.29, 1.82) is 0 Å². The van der Waals surface area contributed by atoms with Crippen LogP contribution in [-0.2, 0) is 4.74 Å². The molecule has 2 rings (SSSR count). The second-order valence-electron chi connectivity index (χ2n) is 2.84. The van der Waals surface area contributed by atoms with E-state index in [1.165, 1.54) is 17.0 Å². The summed E-state index contributed by atoms with van der Waals surface area (Å²) in [6, 6.07) is 0. The molecule has 1 aliphatic rings. The van der Waals surface area contributed by atoms with Crippen LogP contribution in [0.3, 0.4) is 0 Å². The van der Waals surface area contributed by atoms with Crippen LogP contribution in [-0.4, -0.2) is 9.55 Å². The van der Waals surface area contributed by atoms with Gasteiger partial charge in [0.05, 0.1) is 10.7 Å². The third-order valence-corrected chi connectivity index (χ3v) is 2.47. The summed E-state index contributed by atoms with van der Waals surface area (Å²) >= 11 is 3.05. The van der Waals surface area contributed by atoms with Gasteiger partial charge in [-0.1, -0.05) is 0 Å². The molecule has 0 aliphatic carbocycles. The molecule has 0 radical (unpaired) electrons. The number of aromatic amines is 1. The lowest BCUT2D eigenvalue weighted by atomic mass is 10.4. The van der Waals surface area contributed by atoms with E-state index in [4.69, 9.17) is 4.74 Å². The quantitative estimate of drug-likeness (QED) is 0.808. The highest BCUT2D eigenvalue weighted by Crippen LogP contribution is 2.18. The molecule has 6 heteroatoms. The lowest BCUT2D eigenvalue weighted by molar-refractivity contribution is 0.0994. The van der Waals surface area contributed by atoms with Crippen LogP contribution in [0.2, 0.25) is 0 Å². The monoisotopic (exact) mass is 258 g/mol. The predicted octanol–water partition coefficient (Wildman–Crippen LogP) is 0.732. The van der Waals surface area contributed by atoms with E-state index in [1.807, 2.05) is 6.08 Å². The number of ether oxygens (including phenoxy) is 1. The maximum absolute atomic E-state index is 11.4. The van der Waals surface area contributed by atoms with Crippen LogP contribution in [0.4, 0.5) is 0 Å². The van der Waals surface area contributed by atoms with Crippen molar-refractivity contribution >= 4 is 15.9 Å². The molecule has 0 spiro atoms. The number of nitrogens with one attached hydrogen (secondary N) is 1. The molecular weight excluding hydrogens is 252 g/mol. The lowest BCUT2D eigenvalue weighted by Gasteiger charge is -2.12. The van der Waals surface area contributed by atoms with Gasteiger partial charge in [-0.25, -0.2) is 4.79 Å². The Balaban J connectivity index is 2.48. The molecule has 0 saturated carbocycles. The first-order valence-corrected chi connectivity index (χ1v) is 4.79. The van der Waals surface area contributed by atoms with Gasteiger partial charge in [-0.15, -0.1) is 0 Å². The van der Waals surface area contributed by atoms with Crippen molar-refractivity contribution in [3.63, 3.8) is 0 Å². The third kappa shape index (κ3) is 1.52. The molecule has 1 aromatic rings. The highest BCUT2D eigenvalue weighted by atomic mass is 79.9. The number of H-pyrrole nitrogens is 1. The first kappa shape index (κ1) is 9.26. The Hall–Kier alpha value is -1.30. The van der Waals surface area contributed by atoms with Crippen molar-refractivity contribution in [2.75, 3.05) is 0 Å². The third-order valence-electron chi connectivity index (χ3n) is 1.90. The average molecular weight is 259 g/mol. The summed E-state index contributed by atoms with van der Waals surface area (Å²) in [5.74, 6) is 0. The smallest absolute Gasteiger partial charge is 0.331 e. The number of aromatic nitrogens is 2. The molecule has 0 bridgehead atoms. The normalized spacial score (nSPS) is 19.6. The van der Waals surface area contributed by atoms with Gasteiger partial charge in [0, 0.05) is 12.6 Å². The summed E-state index contributed by atoms with van der Waals surface area (Å²) in [5.41, 5.74) is -0.899. The van der Waals surface area contributed by atoms with Crippen LogP contribution in [0.5, 0.6) is 0 Å². The fourth-order valence-corrected chi connectivity index (χ4v) is 1.55. The minimum absolute atomic E-state index is 0.313. The molecule has 0 amide bonds. The largest absolute Gasteiger partial charge is 0.478 e. The van der Waals surface area contributed by atoms with Crippen LogP contribution >= 0.6 is 15.9 Å². The lowest BCUT2D eigenvalue weighted by Crippen LogP contribution is -2.32. The van der Waals surface area contributed by atoms with Gasteiger partial charge in [-0.3, -0.25) is 14.3 Å². The van der Waals surface area contributed by atoms with E-state index in [0.29, 0.717) is 10.9 Å². The topological polar surface area (TPSA) is 64.1 Å². The van der Waals surface area contributed by atoms with Crippen molar-refractivity contribution in [3.05, 3.63) is 43.8 Å². The molecule has 0 fully saturated rings. The molecule has 1 N–H and O–H groups in total. The number of nitrogens with zero attached hydrogens (tertiary/aromatic N) is 1. The van der Waals surface area contributed by atoms with Crippen molar-refractivity contribution in [2.45, 2.75) is 12.6 Å². The molecular formula is C8H7BrN2O3. The summed E-state index contributed by atoms with van der Waals surface area (Å²) in [6.07, 6.45) is 5.05. The van der Waals surface area contributed by atoms with E-state index >= 15 is 0 Å². The molecule has 1 aromatic heterocycles. The van der Waals surface area contributed by atoms with E-state index < -0.39 is 11.2 Å². The van der Waals surface area contributed by atoms with Crippen LogP contribution in [0, 0.1) is 0 Å². The van der Waals surface area contributed by atoms with Crippen LogP contribution in [0.25, 0.3) is 0 Å². The first-order chi connectivity index (χ1) is 6.68. The fourth-order valence-electron chi connectivity index (χ4n) is 1.23. The Morgan fingerprint density at radius 1 is 1.57 bits per heavy atom. The van der Waals surface area contributed by atoms with Crippen LogP contribution in [0.1, 0.15) is 12.6 Å². The van der Waals surface area contributed by atoms with E-state index in [1.54, 1.807) is 0 Å². The van der Waals surface area contributed by atoms with Gasteiger partial charge < -0.3 is 4.74 Å². The summed E-state index contributed by atoms with van der Waals surface area (Å²) in [7, 11) is 0. The SMILES string of the molecule is O=c1[nH]c(=O)n([C@H]2CC=CO2)cc1Br. The number of rotatable bonds is 1. The zero-order valence-electron chi connectivity index (χ0n) is 7.07. The summed E-state index contributed by atoms with van der Waals surface area (Å²) in [4.78, 5) is 24.6. The minimum Gasteiger partial charge on any atom is -0.478 e. The zero-order valence-corrected chi connectivity index (χ0v) is 8.65. The van der Waals surface area contributed by atoms with Crippen LogP contribution < -0.4 is 11.2 Å². The summed E-state index contributed by atoms with van der Waals surface area (Å²) in [5, 5.41) is 0. The minimum atomic E-state index is -0.466. The second kappa shape index (κ2) is 3.45. The Bertz CT molecular complexity index is 480. The molecule has 5 nitrogen and oxygen atoms in total. The Morgan fingerprint density at radius 3 is 3.00 bits per heavy atom. The molecule has 2 heterocycles. The fraction of sp³-hybridized carbons (Fsp3) is 0.250. The molecule has 0 saturated heterocycles. The van der Waals surface area contributed by atoms with Crippen molar-refractivity contribution in [3.8, 4) is 0 Å². The number of halogens is 1. The first-order valence-electron chi connectivity index (χ1n) is 4.00. The van der Waals surface area contributed by atoms with Crippen molar-refractivity contribution in [2.24, 2.45) is 0 Å². The van der Waals surface area contributed by atoms with E-state index in [9.17, 15) is 9.59 Å². The maximum Gasteiger partial charge on any atom is 0.331 e. The van der Waals surface area contributed by atoms with Gasteiger partial charge >= 0.3 is 5.69 Å². The van der Waals surface area contributed by atoms with E-state index in [0.717, 1.165) is 0 Å². The van der Waals surface area contributed by atoms with Crippen molar-refractivity contribution < 1.29 is 4.74 Å². The van der Waals surface area contributed by atoms with Gasteiger partial charge in [0.1, 0.15) is 0 Å². The maximum atomic E-state index is 11.4. The highest BCUT2D eigenvalue weighted by molar-refractivity contribution is 9.10. The number of hydrogen-bond acceptors (Lipinski definition) is 3. The average Bonchev–Trinajstić information content (AvgIpc) is 2.64. The molecule has 1 aliphatic heterocycles. The molecule has 0 unspecified atom stereocenters. The zero-order chi connectivity index (χ0) is 10.1. The Kier molecular flexibility index (Phi) is 2.28. The van der Waals surface area contributed by atoms with Crippen molar-refractivity contribution in [1.82, 2.24) is 9.55 Å². The van der Waals surface area contributed by atoms with Gasteiger partial charge in [-0.2, -0.15) is 0 Å². The Labute approximate surface area is 87.1 Å². The predicted molar refractivity (Wildman–Crippen MR) is 52.9 cm³/mol.